The summed E-state index contributed by atoms with van der Waals surface area (Å²) in [5.41, 5.74) is 0. The van der Waals surface area contributed by atoms with Gasteiger partial charge in [0, 0.05) is 6.42 Å². The van der Waals surface area contributed by atoms with E-state index in [9.17, 15) is 61.0 Å². The highest BCUT2D eigenvalue weighted by molar-refractivity contribution is 5.76. The normalized spacial score (nSPS) is 26.2. The average Bonchev–Trinajstić information content (AvgIpc) is 0.781. The lowest BCUT2D eigenvalue weighted by Gasteiger charge is -2.48. The third-order valence-electron chi connectivity index (χ3n) is 21.5. The van der Waals surface area contributed by atoms with Crippen molar-refractivity contribution in [3.63, 3.8) is 0 Å². The van der Waals surface area contributed by atoms with Crippen molar-refractivity contribution in [1.82, 2.24) is 5.32 Å². The first-order valence-electron chi connectivity index (χ1n) is 42.7. The van der Waals surface area contributed by atoms with Crippen LogP contribution in [0.2, 0.25) is 0 Å². The fraction of sp³-hybridized carbons (Fsp3) is 0.917. The van der Waals surface area contributed by atoms with Crippen molar-refractivity contribution in [1.29, 1.82) is 0 Å². The van der Waals surface area contributed by atoms with E-state index >= 15 is 0 Å². The van der Waals surface area contributed by atoms with E-state index in [2.05, 4.69) is 55.6 Å². The maximum Gasteiger partial charge on any atom is 0.220 e. The smallest absolute Gasteiger partial charge is 0.220 e. The molecular formula is C84H157NO18. The highest BCUT2D eigenvalue weighted by Gasteiger charge is 2.54. The van der Waals surface area contributed by atoms with E-state index in [1.165, 1.54) is 270 Å². The standard InChI is InChI=1S/C84H157NO18/c1-3-5-7-9-11-13-15-17-19-21-23-25-27-29-31-32-33-34-36-38-40-42-44-46-48-50-52-54-56-58-60-62-72(90)85-67(68(89)61-59-57-55-53-51-49-47-45-43-41-39-37-35-30-28-26-24-22-20-18-16-14-12-10-8-6-4-2)66-98-82-78(96)75(93)80(70(64-87)100-82)103-84-79(97)76(94)81(71(65-88)101-84)102-83-77(95)74(92)73(91)69(63-86)99-83/h15,17,21,23,27,29,67-71,73-84,86-89,91-97H,3-14,16,18-20,22,24-26,28,30-66H2,1-2H3,(H,85,90)/b17-15-,23-21-,29-27-. The van der Waals surface area contributed by atoms with Crippen LogP contribution in [0, 0.1) is 0 Å². The molecule has 103 heavy (non-hydrogen) atoms. The number of hydrogen-bond donors (Lipinski definition) is 12. The van der Waals surface area contributed by atoms with Crippen LogP contribution < -0.4 is 5.32 Å². The zero-order valence-electron chi connectivity index (χ0n) is 65.1. The lowest BCUT2D eigenvalue weighted by atomic mass is 9.96. The first-order chi connectivity index (χ1) is 50.3. The molecule has 17 atom stereocenters. The molecule has 3 rings (SSSR count). The minimum Gasteiger partial charge on any atom is -0.394 e. The fourth-order valence-electron chi connectivity index (χ4n) is 14.6. The zero-order valence-corrected chi connectivity index (χ0v) is 65.1. The van der Waals surface area contributed by atoms with Crippen LogP contribution in [0.3, 0.4) is 0 Å². The molecule has 3 saturated heterocycles. The monoisotopic (exact) mass is 1470 g/mol. The number of allylic oxidation sites excluding steroid dienone is 6. The van der Waals surface area contributed by atoms with Gasteiger partial charge in [0.05, 0.1) is 38.6 Å². The second kappa shape index (κ2) is 64.8. The molecule has 0 saturated carbocycles. The van der Waals surface area contributed by atoms with Crippen LogP contribution >= 0.6 is 0 Å². The van der Waals surface area contributed by atoms with Crippen LogP contribution in [0.4, 0.5) is 0 Å². The second-order valence-electron chi connectivity index (χ2n) is 30.7. The molecule has 0 aromatic carbocycles. The number of aliphatic hydroxyl groups excluding tert-OH is 11. The molecule has 1 amide bonds. The molecule has 12 N–H and O–H groups in total. The molecule has 3 aliphatic rings. The van der Waals surface area contributed by atoms with Gasteiger partial charge in [0.2, 0.25) is 5.91 Å². The molecule has 0 bridgehead atoms. The number of ether oxygens (including phenoxy) is 6. The van der Waals surface area contributed by atoms with Crippen molar-refractivity contribution < 1.29 is 89.4 Å². The van der Waals surface area contributed by atoms with Crippen molar-refractivity contribution in [2.24, 2.45) is 0 Å². The summed E-state index contributed by atoms with van der Waals surface area (Å²) in [5, 5.41) is 121. The number of rotatable bonds is 69. The Morgan fingerprint density at radius 3 is 1.00 bits per heavy atom. The maximum atomic E-state index is 13.5. The average molecular weight is 1470 g/mol. The molecule has 3 fully saturated rings. The van der Waals surface area contributed by atoms with Crippen LogP contribution in [-0.2, 0) is 33.2 Å². The molecule has 19 nitrogen and oxygen atoms in total. The quantitative estimate of drug-likeness (QED) is 0.0199. The largest absolute Gasteiger partial charge is 0.394 e. The molecule has 0 aliphatic carbocycles. The van der Waals surface area contributed by atoms with Crippen molar-refractivity contribution in [2.45, 2.75) is 465 Å². The highest BCUT2D eigenvalue weighted by atomic mass is 16.8. The number of unbranched alkanes of at least 4 members (excludes halogenated alkanes) is 47. The third-order valence-corrected chi connectivity index (χ3v) is 21.5. The number of amides is 1. The third kappa shape index (κ3) is 44.5. The predicted octanol–water partition coefficient (Wildman–Crippen LogP) is 15.1. The number of aliphatic hydroxyl groups is 11. The van der Waals surface area contributed by atoms with Crippen LogP contribution in [-0.4, -0.2) is 193 Å². The Balaban J connectivity index is 1.35. The highest BCUT2D eigenvalue weighted by Crippen LogP contribution is 2.33. The lowest BCUT2D eigenvalue weighted by molar-refractivity contribution is -0.379. The van der Waals surface area contributed by atoms with Crippen LogP contribution in [0.1, 0.15) is 361 Å². The second-order valence-corrected chi connectivity index (χ2v) is 30.7. The van der Waals surface area contributed by atoms with E-state index in [-0.39, 0.29) is 18.9 Å². The van der Waals surface area contributed by atoms with Gasteiger partial charge in [-0.3, -0.25) is 4.79 Å². The van der Waals surface area contributed by atoms with Crippen LogP contribution in [0.25, 0.3) is 0 Å². The Kier molecular flexibility index (Phi) is 59.9. The van der Waals surface area contributed by atoms with Gasteiger partial charge in [-0.1, -0.05) is 339 Å². The van der Waals surface area contributed by atoms with Gasteiger partial charge in [0.25, 0.3) is 0 Å². The topological polar surface area (TPSA) is 307 Å². The predicted molar refractivity (Wildman–Crippen MR) is 411 cm³/mol. The number of carbonyl (C=O) groups excluding carboxylic acids is 1. The maximum absolute atomic E-state index is 13.5. The van der Waals surface area contributed by atoms with Crippen LogP contribution in [0.5, 0.6) is 0 Å². The summed E-state index contributed by atoms with van der Waals surface area (Å²) in [6.45, 7) is 1.85. The molecule has 19 heteroatoms. The van der Waals surface area contributed by atoms with Gasteiger partial charge in [-0.2, -0.15) is 0 Å². The summed E-state index contributed by atoms with van der Waals surface area (Å²) in [5.74, 6) is -0.237. The molecule has 3 aliphatic heterocycles. The van der Waals surface area contributed by atoms with Gasteiger partial charge >= 0.3 is 0 Å². The molecule has 17 unspecified atom stereocenters. The van der Waals surface area contributed by atoms with E-state index in [0.29, 0.717) is 12.8 Å². The molecule has 0 radical (unpaired) electrons. The summed E-state index contributed by atoms with van der Waals surface area (Å²) in [6, 6.07) is -0.889. The first kappa shape index (κ1) is 95.2. The molecule has 3 heterocycles. The molecule has 0 aromatic heterocycles. The molecule has 606 valence electrons. The van der Waals surface area contributed by atoms with Crippen molar-refractivity contribution in [3.05, 3.63) is 36.5 Å². The van der Waals surface area contributed by atoms with E-state index < -0.39 is 124 Å². The molecular weight excluding hydrogens is 1310 g/mol. The van der Waals surface area contributed by atoms with Gasteiger partial charge in [-0.05, 0) is 51.4 Å². The van der Waals surface area contributed by atoms with E-state index in [1.807, 2.05) is 0 Å². The minimum atomic E-state index is -1.97. The minimum absolute atomic E-state index is 0.237. The van der Waals surface area contributed by atoms with E-state index in [0.717, 1.165) is 57.8 Å². The Morgan fingerprint density at radius 2 is 0.641 bits per heavy atom. The van der Waals surface area contributed by atoms with Gasteiger partial charge < -0.3 is 89.9 Å². The Bertz CT molecular complexity index is 2000. The van der Waals surface area contributed by atoms with E-state index in [4.69, 9.17) is 28.4 Å². The van der Waals surface area contributed by atoms with Gasteiger partial charge in [0.15, 0.2) is 18.9 Å². The Morgan fingerprint density at radius 1 is 0.350 bits per heavy atom. The van der Waals surface area contributed by atoms with Crippen LogP contribution in [0.15, 0.2) is 36.5 Å². The van der Waals surface area contributed by atoms with Crippen molar-refractivity contribution in [3.8, 4) is 0 Å². The summed E-state index contributed by atoms with van der Waals surface area (Å²) in [7, 11) is 0. The molecule has 0 spiro atoms. The Hall–Kier alpha value is -1.99. The summed E-state index contributed by atoms with van der Waals surface area (Å²) in [6.07, 6.45) is 53.8. The Labute approximate surface area is 625 Å². The van der Waals surface area contributed by atoms with Gasteiger partial charge in [0.1, 0.15) is 73.2 Å². The summed E-state index contributed by atoms with van der Waals surface area (Å²) >= 11 is 0. The van der Waals surface area contributed by atoms with Gasteiger partial charge in [-0.15, -0.1) is 0 Å². The number of hydrogen-bond acceptors (Lipinski definition) is 18. The zero-order chi connectivity index (χ0) is 74.6. The number of nitrogens with one attached hydrogen (secondary N) is 1. The van der Waals surface area contributed by atoms with Crippen molar-refractivity contribution in [2.75, 3.05) is 26.4 Å². The lowest BCUT2D eigenvalue weighted by Crippen LogP contribution is -2.66. The van der Waals surface area contributed by atoms with Gasteiger partial charge in [-0.25, -0.2) is 0 Å². The summed E-state index contributed by atoms with van der Waals surface area (Å²) in [4.78, 5) is 13.5. The van der Waals surface area contributed by atoms with E-state index in [1.54, 1.807) is 0 Å². The first-order valence-corrected chi connectivity index (χ1v) is 42.7. The van der Waals surface area contributed by atoms with Crippen molar-refractivity contribution >= 4 is 5.91 Å². The fourth-order valence-corrected chi connectivity index (χ4v) is 14.6. The molecule has 0 aromatic rings. The SMILES string of the molecule is CCCCCCC/C=C\C/C=C\C/C=C\CCCCCCCCCCCCCCCCCCC(=O)NC(COC1OC(CO)C(OC2OC(CO)C(OC3OC(CO)C(O)C(O)C3O)C(O)C2O)C(O)C1O)C(O)CCCCCCCCCCCCCCCCCCCCCCCCCCCCC. The summed E-state index contributed by atoms with van der Waals surface area (Å²) < 4.78 is 34.6. The number of carbonyl (C=O) groups is 1.